The summed E-state index contributed by atoms with van der Waals surface area (Å²) in [5.41, 5.74) is 13.3. The molecule has 0 N–H and O–H groups in total. The Morgan fingerprint density at radius 3 is 1.17 bits per heavy atom. The molecular formula is C63H43N. The molecule has 0 aliphatic heterocycles. The molecule has 0 atom stereocenters. The Morgan fingerprint density at radius 1 is 0.297 bits per heavy atom. The highest BCUT2D eigenvalue weighted by Crippen LogP contribution is 2.47. The lowest BCUT2D eigenvalue weighted by molar-refractivity contribution is 1.30. The van der Waals surface area contributed by atoms with E-state index in [-0.39, 0.29) is 0 Å². The fraction of sp³-hybridized carbons (Fsp3) is 0.0159. The van der Waals surface area contributed by atoms with Crippen molar-refractivity contribution >= 4 is 76.5 Å². The number of allylic oxidation sites excluding steroid dienone is 6. The minimum atomic E-state index is 0.916. The van der Waals surface area contributed by atoms with Gasteiger partial charge in [0, 0.05) is 16.8 Å². The van der Waals surface area contributed by atoms with Gasteiger partial charge in [-0.15, -0.1) is 0 Å². The summed E-state index contributed by atoms with van der Waals surface area (Å²) >= 11 is 0. The van der Waals surface area contributed by atoms with Gasteiger partial charge < -0.3 is 4.90 Å². The predicted octanol–water partition coefficient (Wildman–Crippen LogP) is 17.8. The monoisotopic (exact) mass is 813 g/mol. The zero-order valence-corrected chi connectivity index (χ0v) is 35.3. The van der Waals surface area contributed by atoms with Crippen LogP contribution >= 0.6 is 0 Å². The highest BCUT2D eigenvalue weighted by atomic mass is 15.1. The zero-order chi connectivity index (χ0) is 42.4. The van der Waals surface area contributed by atoms with E-state index in [0.29, 0.717) is 0 Å². The smallest absolute Gasteiger partial charge is 0.0540 e. The highest BCUT2D eigenvalue weighted by Gasteiger charge is 2.21. The van der Waals surface area contributed by atoms with Crippen molar-refractivity contribution in [2.75, 3.05) is 4.90 Å². The first-order valence-corrected chi connectivity index (χ1v) is 22.2. The average molecular weight is 814 g/mol. The lowest BCUT2D eigenvalue weighted by Crippen LogP contribution is -2.10. The van der Waals surface area contributed by atoms with Crippen molar-refractivity contribution in [3.05, 3.63) is 254 Å². The number of benzene rings is 11. The van der Waals surface area contributed by atoms with Gasteiger partial charge in [0.25, 0.3) is 0 Å². The maximum atomic E-state index is 2.42. The van der Waals surface area contributed by atoms with Crippen LogP contribution in [-0.2, 0) is 0 Å². The fourth-order valence-corrected chi connectivity index (χ4v) is 10.3. The number of hydrogen-bond acceptors (Lipinski definition) is 1. The molecule has 0 radical (unpaired) electrons. The average Bonchev–Trinajstić information content (AvgIpc) is 3.65. The van der Waals surface area contributed by atoms with Crippen molar-refractivity contribution in [3.63, 3.8) is 0 Å². The first-order chi connectivity index (χ1) is 31.8. The quantitative estimate of drug-likeness (QED) is 0.145. The normalized spacial score (nSPS) is 12.6. The van der Waals surface area contributed by atoms with E-state index >= 15 is 0 Å². The van der Waals surface area contributed by atoms with Gasteiger partial charge in [-0.2, -0.15) is 0 Å². The van der Waals surface area contributed by atoms with E-state index in [4.69, 9.17) is 0 Å². The lowest BCUT2D eigenvalue weighted by atomic mass is 9.85. The number of hydrogen-bond donors (Lipinski definition) is 0. The number of fused-ring (bicyclic) bond motifs is 5. The van der Waals surface area contributed by atoms with E-state index in [0.717, 1.165) is 23.5 Å². The van der Waals surface area contributed by atoms with Gasteiger partial charge in [0.2, 0.25) is 0 Å². The number of anilines is 3. The van der Waals surface area contributed by atoms with E-state index in [2.05, 4.69) is 254 Å². The molecule has 300 valence electrons. The summed E-state index contributed by atoms with van der Waals surface area (Å²) < 4.78 is 0. The van der Waals surface area contributed by atoms with Crippen LogP contribution in [0.2, 0.25) is 0 Å². The van der Waals surface area contributed by atoms with Crippen molar-refractivity contribution in [2.45, 2.75) is 6.42 Å². The van der Waals surface area contributed by atoms with Crippen LogP contribution in [0.3, 0.4) is 0 Å². The lowest BCUT2D eigenvalue weighted by Gasteiger charge is -2.27. The maximum absolute atomic E-state index is 2.42. The van der Waals surface area contributed by atoms with Crippen LogP contribution in [0.4, 0.5) is 17.1 Å². The van der Waals surface area contributed by atoms with Crippen molar-refractivity contribution in [2.24, 2.45) is 0 Å². The Hall–Kier alpha value is -8.26. The Labute approximate surface area is 373 Å². The Bertz CT molecular complexity index is 3550. The first kappa shape index (κ1) is 37.5. The molecule has 1 aliphatic rings. The largest absolute Gasteiger partial charge is 0.310 e. The second-order valence-electron chi connectivity index (χ2n) is 16.7. The molecule has 0 amide bonds. The van der Waals surface area contributed by atoms with Gasteiger partial charge >= 0.3 is 0 Å². The minimum absolute atomic E-state index is 0.916. The molecule has 0 spiro atoms. The van der Waals surface area contributed by atoms with Gasteiger partial charge in [0.1, 0.15) is 0 Å². The second-order valence-corrected chi connectivity index (χ2v) is 16.7. The Kier molecular flexibility index (Phi) is 9.31. The molecule has 1 nitrogen and oxygen atoms in total. The second kappa shape index (κ2) is 15.9. The topological polar surface area (TPSA) is 3.24 Å². The molecule has 0 unspecified atom stereocenters. The number of rotatable bonds is 7. The molecule has 0 saturated carbocycles. The molecule has 1 aliphatic carbocycles. The molecule has 11 aromatic rings. The molecule has 12 rings (SSSR count). The van der Waals surface area contributed by atoms with Crippen LogP contribution in [0, 0.1) is 0 Å². The fourth-order valence-electron chi connectivity index (χ4n) is 10.3. The molecule has 0 heterocycles. The highest BCUT2D eigenvalue weighted by molar-refractivity contribution is 6.22. The molecule has 0 bridgehead atoms. The van der Waals surface area contributed by atoms with E-state index in [1.165, 1.54) is 98.4 Å². The van der Waals surface area contributed by atoms with Gasteiger partial charge in [-0.25, -0.2) is 0 Å². The van der Waals surface area contributed by atoms with Crippen LogP contribution < -0.4 is 4.90 Å². The molecule has 0 saturated heterocycles. The van der Waals surface area contributed by atoms with Gasteiger partial charge in [-0.1, -0.05) is 218 Å². The summed E-state index contributed by atoms with van der Waals surface area (Å²) in [6.45, 7) is 0. The maximum Gasteiger partial charge on any atom is 0.0540 e. The van der Waals surface area contributed by atoms with Crippen molar-refractivity contribution in [1.82, 2.24) is 0 Å². The summed E-state index contributed by atoms with van der Waals surface area (Å²) in [6.07, 6.45) is 12.1. The predicted molar refractivity (Wildman–Crippen MR) is 276 cm³/mol. The number of nitrogens with zero attached hydrogens (tertiary/aromatic N) is 1. The molecule has 64 heavy (non-hydrogen) atoms. The van der Waals surface area contributed by atoms with Crippen molar-refractivity contribution < 1.29 is 0 Å². The van der Waals surface area contributed by atoms with Crippen molar-refractivity contribution in [3.8, 4) is 33.4 Å². The van der Waals surface area contributed by atoms with Crippen molar-refractivity contribution in [1.29, 1.82) is 0 Å². The molecule has 0 aromatic heterocycles. The molecule has 11 aromatic carbocycles. The SMILES string of the molecule is C1=CCC=C(c2c3ccccc3c(-c3ccc(N(c4ccc(-c5c6ccccc6c(-c6ccccc6)c6ccccc56)cc4)c4cccc5ccccc45)cc3)c3ccccc23)C=C1. The summed E-state index contributed by atoms with van der Waals surface area (Å²) in [4.78, 5) is 2.42. The molecule has 1 heteroatoms. The Balaban J connectivity index is 1.01. The summed E-state index contributed by atoms with van der Waals surface area (Å²) in [5, 5.41) is 12.5. The third-order valence-corrected chi connectivity index (χ3v) is 13.0. The van der Waals surface area contributed by atoms with E-state index in [9.17, 15) is 0 Å². The van der Waals surface area contributed by atoms with Crippen LogP contribution in [-0.4, -0.2) is 0 Å². The first-order valence-electron chi connectivity index (χ1n) is 22.2. The molecular weight excluding hydrogens is 771 g/mol. The van der Waals surface area contributed by atoms with E-state index in [1.807, 2.05) is 0 Å². The van der Waals surface area contributed by atoms with E-state index in [1.54, 1.807) is 0 Å². The van der Waals surface area contributed by atoms with Crippen LogP contribution in [0.25, 0.3) is 92.8 Å². The van der Waals surface area contributed by atoms with Gasteiger partial charge in [-0.05, 0) is 130 Å². The standard InChI is InChI=1S/C63H43N/c1-2-5-21-44(20-4-1)60-51-26-10-14-30-55(51)62(56-31-15-11-27-52(56)60)46-35-39-48(40-36-46)64(59-34-18-24-43-19-8-9-25-50(43)59)49-41-37-47(38-42-49)63-57-32-16-12-28-53(57)61(45-22-6-3-7-23-45)54-29-13-17-33-58(54)63/h1-4,6-42H,5H2. The minimum Gasteiger partial charge on any atom is -0.310 e. The Morgan fingerprint density at radius 2 is 0.688 bits per heavy atom. The summed E-state index contributed by atoms with van der Waals surface area (Å²) in [5.74, 6) is 0. The molecule has 0 fully saturated rings. The summed E-state index contributed by atoms with van der Waals surface area (Å²) in [6, 6.07) is 80.2. The van der Waals surface area contributed by atoms with Gasteiger partial charge in [-0.3, -0.25) is 0 Å². The zero-order valence-electron chi connectivity index (χ0n) is 35.3. The summed E-state index contributed by atoms with van der Waals surface area (Å²) in [7, 11) is 0. The van der Waals surface area contributed by atoms with E-state index < -0.39 is 0 Å². The van der Waals surface area contributed by atoms with Crippen LogP contribution in [0.1, 0.15) is 12.0 Å². The van der Waals surface area contributed by atoms with Crippen LogP contribution in [0.15, 0.2) is 249 Å². The van der Waals surface area contributed by atoms with Crippen LogP contribution in [0.5, 0.6) is 0 Å². The third-order valence-electron chi connectivity index (χ3n) is 13.0. The van der Waals surface area contributed by atoms with Gasteiger partial charge in [0.15, 0.2) is 0 Å². The van der Waals surface area contributed by atoms with Gasteiger partial charge in [0.05, 0.1) is 5.69 Å². The third kappa shape index (κ3) is 6.32.